The van der Waals surface area contributed by atoms with Crippen molar-refractivity contribution in [2.75, 3.05) is 21.3 Å². The molecule has 286 valence electrons. The predicted molar refractivity (Wildman–Crippen MR) is 197 cm³/mol. The topological polar surface area (TPSA) is 263 Å². The van der Waals surface area contributed by atoms with E-state index in [0.717, 1.165) is 82.9 Å². The molecule has 0 unspecified atom stereocenters. The second kappa shape index (κ2) is 15.6. The largest absolute Gasteiger partial charge is 0.387 e. The molecule has 0 radical (unpaired) electrons. The van der Waals surface area contributed by atoms with E-state index < -0.39 is 24.5 Å². The Morgan fingerprint density at radius 1 is 0.755 bits per heavy atom. The maximum atomic E-state index is 11.2. The van der Waals surface area contributed by atoms with Crippen LogP contribution in [0.25, 0.3) is 11.2 Å². The Morgan fingerprint density at radius 3 is 2.04 bits per heavy atom. The van der Waals surface area contributed by atoms with Crippen LogP contribution in [0, 0.1) is 0 Å². The molecule has 19 nitrogen and oxygen atoms in total. The summed E-state index contributed by atoms with van der Waals surface area (Å²) >= 11 is 0. The lowest BCUT2D eigenvalue weighted by Crippen LogP contribution is -2.34. The van der Waals surface area contributed by atoms with Gasteiger partial charge in [-0.15, -0.1) is 10.2 Å². The summed E-state index contributed by atoms with van der Waals surface area (Å²) in [5.74, 6) is 2.74. The van der Waals surface area contributed by atoms with Crippen LogP contribution in [0.4, 0.5) is 23.5 Å². The lowest BCUT2D eigenvalue weighted by Gasteiger charge is -2.31. The molecule has 0 amide bonds. The molecule has 4 aliphatic rings. The van der Waals surface area contributed by atoms with Crippen molar-refractivity contribution in [3.63, 3.8) is 0 Å². The zero-order valence-electron chi connectivity index (χ0n) is 30.1. The van der Waals surface area contributed by atoms with Crippen LogP contribution in [0.3, 0.4) is 0 Å². The first-order valence-corrected chi connectivity index (χ1v) is 19.2. The Balaban J connectivity index is 0.965. The van der Waals surface area contributed by atoms with Crippen molar-refractivity contribution in [2.24, 2.45) is 11.5 Å². The Labute approximate surface area is 307 Å². The number of aryl methyl sites for hydroxylation is 1. The highest BCUT2D eigenvalue weighted by atomic mass is 16.6. The van der Waals surface area contributed by atoms with Gasteiger partial charge in [-0.25, -0.2) is 9.97 Å². The van der Waals surface area contributed by atoms with Crippen molar-refractivity contribution in [1.82, 2.24) is 49.7 Å². The Bertz CT molecular complexity index is 1810. The van der Waals surface area contributed by atoms with Gasteiger partial charge in [0.15, 0.2) is 29.3 Å². The third-order valence-corrected chi connectivity index (χ3v) is 11.2. The normalized spacial score (nSPS) is 32.1. The van der Waals surface area contributed by atoms with Crippen LogP contribution >= 0.6 is 0 Å². The van der Waals surface area contributed by atoms with Crippen molar-refractivity contribution < 1.29 is 14.9 Å². The number of tetrazole rings is 1. The molecule has 4 aromatic rings. The van der Waals surface area contributed by atoms with Crippen LogP contribution in [-0.4, -0.2) is 108 Å². The molecular formula is C34H52N16O3. The van der Waals surface area contributed by atoms with E-state index in [4.69, 9.17) is 36.1 Å². The number of anilines is 4. The lowest BCUT2D eigenvalue weighted by molar-refractivity contribution is -0.0384. The number of fused-ring (bicyclic) bond motifs is 1. The standard InChI is InChI=1S/C34H52N16O3/c1-2-50-47-30(46-48-50)28-26(51)27(52)32(53-28)49-17-38-25-29(44-34(45-31(25)49)42-23-9-5-19(36)6-10-23)40-21-13-11-20(12-14-21)39-24-15-16-37-33(43-24)41-22-7-3-18(35)4-8-22/h15-23,26-28,32,51-52H,2-14,35-36H2,1H3,(H2,37,39,41,43)(H2,40,42,44,45)/t18-,19-,20?,21?,22-,23-,26-,27+,28-,32+/m0/s1. The number of aliphatic hydroxyl groups is 2. The number of nitrogens with zero attached hydrogens (tertiary/aromatic N) is 10. The van der Waals surface area contributed by atoms with Gasteiger partial charge >= 0.3 is 0 Å². The highest BCUT2D eigenvalue weighted by molar-refractivity contribution is 5.84. The van der Waals surface area contributed by atoms with Crippen LogP contribution in [0.2, 0.25) is 0 Å². The van der Waals surface area contributed by atoms with E-state index in [9.17, 15) is 10.2 Å². The van der Waals surface area contributed by atoms with Gasteiger partial charge < -0.3 is 47.7 Å². The summed E-state index contributed by atoms with van der Waals surface area (Å²) in [6, 6.07) is 3.40. The van der Waals surface area contributed by atoms with Crippen molar-refractivity contribution in [1.29, 1.82) is 0 Å². The maximum Gasteiger partial charge on any atom is 0.227 e. The first kappa shape index (κ1) is 35.7. The van der Waals surface area contributed by atoms with E-state index in [1.54, 1.807) is 17.1 Å². The van der Waals surface area contributed by atoms with Gasteiger partial charge in [-0.1, -0.05) is 0 Å². The van der Waals surface area contributed by atoms with Crippen molar-refractivity contribution in [3.05, 3.63) is 24.4 Å². The van der Waals surface area contributed by atoms with E-state index in [0.29, 0.717) is 47.5 Å². The number of hydrogen-bond acceptors (Lipinski definition) is 17. The number of aliphatic hydroxyl groups excluding tert-OH is 2. The molecule has 4 atom stereocenters. The molecule has 3 aliphatic carbocycles. The molecule has 0 bridgehead atoms. The number of hydrogen-bond donors (Lipinski definition) is 8. The summed E-state index contributed by atoms with van der Waals surface area (Å²) in [5, 5.41) is 48.8. The number of ether oxygens (including phenoxy) is 1. The molecule has 1 saturated heterocycles. The number of aromatic nitrogens is 10. The van der Waals surface area contributed by atoms with Crippen molar-refractivity contribution in [2.45, 2.75) is 151 Å². The smallest absolute Gasteiger partial charge is 0.227 e. The predicted octanol–water partition coefficient (Wildman–Crippen LogP) is 1.81. The van der Waals surface area contributed by atoms with Crippen LogP contribution in [0.15, 0.2) is 18.6 Å². The van der Waals surface area contributed by atoms with Crippen LogP contribution in [0.5, 0.6) is 0 Å². The third kappa shape index (κ3) is 7.98. The second-order valence-electron chi connectivity index (χ2n) is 15.1. The molecule has 4 aromatic heterocycles. The second-order valence-corrected chi connectivity index (χ2v) is 15.1. The summed E-state index contributed by atoms with van der Waals surface area (Å²) in [7, 11) is 0. The minimum atomic E-state index is -1.29. The molecule has 10 N–H and O–H groups in total. The quantitative estimate of drug-likeness (QED) is 0.109. The fraction of sp³-hybridized carbons (Fsp3) is 0.706. The molecule has 1 aliphatic heterocycles. The Kier molecular flexibility index (Phi) is 10.5. The number of imidazole rings is 1. The van der Waals surface area contributed by atoms with E-state index >= 15 is 0 Å². The van der Waals surface area contributed by atoms with E-state index in [1.807, 2.05) is 13.0 Å². The highest BCUT2D eigenvalue weighted by Gasteiger charge is 2.47. The van der Waals surface area contributed by atoms with Gasteiger partial charge in [-0.2, -0.15) is 19.7 Å². The van der Waals surface area contributed by atoms with Gasteiger partial charge in [-0.3, -0.25) is 4.57 Å². The summed E-state index contributed by atoms with van der Waals surface area (Å²) in [6.07, 6.45) is 10.4. The van der Waals surface area contributed by atoms with E-state index in [1.165, 1.54) is 4.80 Å². The maximum absolute atomic E-state index is 11.2. The molecule has 4 fully saturated rings. The molecule has 8 rings (SSSR count). The monoisotopic (exact) mass is 732 g/mol. The fourth-order valence-electron chi connectivity index (χ4n) is 8.06. The number of rotatable bonds is 11. The Hall–Kier alpha value is -4.30. The van der Waals surface area contributed by atoms with E-state index in [-0.39, 0.29) is 30.0 Å². The first-order chi connectivity index (χ1) is 25.8. The van der Waals surface area contributed by atoms with Crippen LogP contribution in [-0.2, 0) is 11.3 Å². The summed E-state index contributed by atoms with van der Waals surface area (Å²) in [5.41, 5.74) is 13.3. The van der Waals surface area contributed by atoms with Gasteiger partial charge in [0.05, 0.1) is 12.9 Å². The average molecular weight is 733 g/mol. The summed E-state index contributed by atoms with van der Waals surface area (Å²) in [6.45, 7) is 2.40. The third-order valence-electron chi connectivity index (χ3n) is 11.2. The van der Waals surface area contributed by atoms with E-state index in [2.05, 4.69) is 41.7 Å². The number of nitrogens with one attached hydrogen (secondary N) is 4. The molecule has 3 saturated carbocycles. The number of nitrogens with two attached hydrogens (primary N) is 2. The van der Waals surface area contributed by atoms with Gasteiger partial charge in [-0.05, 0) is 95.3 Å². The molecule has 19 heteroatoms. The van der Waals surface area contributed by atoms with Gasteiger partial charge in [0.1, 0.15) is 18.0 Å². The molecular weight excluding hydrogens is 680 g/mol. The Morgan fingerprint density at radius 2 is 1.38 bits per heavy atom. The summed E-state index contributed by atoms with van der Waals surface area (Å²) in [4.78, 5) is 25.1. The molecule has 5 heterocycles. The fourth-order valence-corrected chi connectivity index (χ4v) is 8.06. The lowest BCUT2D eigenvalue weighted by atomic mass is 9.91. The van der Waals surface area contributed by atoms with Crippen LogP contribution < -0.4 is 32.7 Å². The minimum absolute atomic E-state index is 0.156. The zero-order valence-corrected chi connectivity index (χ0v) is 30.1. The van der Waals surface area contributed by atoms with Gasteiger partial charge in [0.25, 0.3) is 0 Å². The SMILES string of the molecule is CCn1nnc([C@H]2O[C@@H](n3cnc4c(NC5CCC(Nc6ccnc(N[C@H]7CC[C@H](N)CC7)n6)CC5)nc(N[C@H]5CC[C@H](N)CC5)nc43)[C@H](O)[C@@H]2O)n1. The minimum Gasteiger partial charge on any atom is -0.387 e. The molecule has 0 aromatic carbocycles. The first-order valence-electron chi connectivity index (χ1n) is 19.2. The molecule has 0 spiro atoms. The average Bonchev–Trinajstić information content (AvgIpc) is 3.89. The van der Waals surface area contributed by atoms with Crippen molar-refractivity contribution >= 4 is 34.7 Å². The van der Waals surface area contributed by atoms with Gasteiger partial charge in [0, 0.05) is 42.4 Å². The van der Waals surface area contributed by atoms with Crippen LogP contribution in [0.1, 0.15) is 102 Å². The van der Waals surface area contributed by atoms with Gasteiger partial charge in [0.2, 0.25) is 17.7 Å². The highest BCUT2D eigenvalue weighted by Crippen LogP contribution is 2.39. The summed E-state index contributed by atoms with van der Waals surface area (Å²) < 4.78 is 7.84. The molecule has 53 heavy (non-hydrogen) atoms. The van der Waals surface area contributed by atoms with Crippen molar-refractivity contribution in [3.8, 4) is 0 Å². The zero-order chi connectivity index (χ0) is 36.5.